The first-order chi connectivity index (χ1) is 19.4. The summed E-state index contributed by atoms with van der Waals surface area (Å²) in [7, 11) is 5.70. The number of aliphatic hydroxyl groups is 1. The molecule has 1 atom stereocenters. The lowest BCUT2D eigenvalue weighted by atomic mass is 9.95. The fourth-order valence-corrected chi connectivity index (χ4v) is 4.80. The summed E-state index contributed by atoms with van der Waals surface area (Å²) in [4.78, 5) is 25.7. The normalized spacial score (nSPS) is 15.1. The van der Waals surface area contributed by atoms with Crippen molar-refractivity contribution in [3.05, 3.63) is 66.1 Å². The Kier molecular flexibility index (Phi) is 8.79. The number of anilines is 6. The van der Waals surface area contributed by atoms with Crippen molar-refractivity contribution in [2.45, 2.75) is 38.8 Å². The fourth-order valence-electron chi connectivity index (χ4n) is 4.80. The van der Waals surface area contributed by atoms with E-state index < -0.39 is 11.4 Å². The fraction of sp³-hybridized carbons (Fsp3) is 0.367. The average Bonchev–Trinajstić information content (AvgIpc) is 3.41. The van der Waals surface area contributed by atoms with Crippen LogP contribution in [0, 0.1) is 12.7 Å². The Bertz CT molecular complexity index is 1440. The molecule has 1 aromatic heterocycles. The highest BCUT2D eigenvalue weighted by atomic mass is 19.1. The van der Waals surface area contributed by atoms with Crippen LogP contribution in [0.25, 0.3) is 0 Å². The van der Waals surface area contributed by atoms with Gasteiger partial charge in [0.2, 0.25) is 11.9 Å². The molecule has 4 N–H and O–H groups in total. The Morgan fingerprint density at radius 3 is 2.61 bits per heavy atom. The number of carbonyl (C=O) groups is 1. The molecule has 0 radical (unpaired) electrons. The molecule has 1 amide bonds. The molecule has 1 saturated heterocycles. The molecule has 0 aliphatic carbocycles. The van der Waals surface area contributed by atoms with Crippen LogP contribution in [0.3, 0.4) is 0 Å². The zero-order valence-corrected chi connectivity index (χ0v) is 24.4. The molecule has 3 aromatic rings. The van der Waals surface area contributed by atoms with E-state index in [1.807, 2.05) is 6.07 Å². The number of rotatable bonds is 10. The largest absolute Gasteiger partial charge is 0.494 e. The van der Waals surface area contributed by atoms with Crippen molar-refractivity contribution in [2.75, 3.05) is 55.1 Å². The standard InChI is InChI=1S/C30H38FN7O3/c1-8-28(39)34-23-15-24(26(41-7)16-25(23)38-12-10-19(17-38)37(5)6)35-29-32-11-9-27(36-29)33-22-13-18(2)21(31)14-20(22)30(3,4)40/h8-9,11,13-16,19,40H,1,10,12,17H2,2-7H3,(H,34,39)(H2,32,33,35,36)/t19-/m0/s1. The van der Waals surface area contributed by atoms with Gasteiger partial charge in [-0.2, -0.15) is 4.98 Å². The highest BCUT2D eigenvalue weighted by Gasteiger charge is 2.27. The van der Waals surface area contributed by atoms with Crippen molar-refractivity contribution < 1.29 is 19.0 Å². The number of methoxy groups -OCH3 is 1. The van der Waals surface area contributed by atoms with E-state index in [-0.39, 0.29) is 11.9 Å². The molecule has 1 aliphatic rings. The highest BCUT2D eigenvalue weighted by Crippen LogP contribution is 2.40. The molecule has 0 saturated carbocycles. The first-order valence-electron chi connectivity index (χ1n) is 13.4. The molecule has 10 nitrogen and oxygen atoms in total. The summed E-state index contributed by atoms with van der Waals surface area (Å²) in [5.41, 5.74) is 2.06. The summed E-state index contributed by atoms with van der Waals surface area (Å²) in [6.45, 7) is 10.1. The molecule has 218 valence electrons. The zero-order chi connectivity index (χ0) is 29.9. The smallest absolute Gasteiger partial charge is 0.247 e. The lowest BCUT2D eigenvalue weighted by Crippen LogP contribution is -2.31. The third kappa shape index (κ3) is 6.93. The number of carbonyl (C=O) groups excluding carboxylic acids is 1. The van der Waals surface area contributed by atoms with Crippen LogP contribution < -0.4 is 25.6 Å². The van der Waals surface area contributed by atoms with Crippen molar-refractivity contribution in [3.63, 3.8) is 0 Å². The molecule has 11 heteroatoms. The van der Waals surface area contributed by atoms with Gasteiger partial charge in [-0.3, -0.25) is 4.79 Å². The van der Waals surface area contributed by atoms with Gasteiger partial charge in [-0.05, 0) is 77.2 Å². The maximum absolute atomic E-state index is 14.3. The molecule has 2 heterocycles. The monoisotopic (exact) mass is 563 g/mol. The summed E-state index contributed by atoms with van der Waals surface area (Å²) in [6.07, 6.45) is 3.80. The van der Waals surface area contributed by atoms with E-state index in [2.05, 4.69) is 56.4 Å². The van der Waals surface area contributed by atoms with Crippen LogP contribution >= 0.6 is 0 Å². The summed E-state index contributed by atoms with van der Waals surface area (Å²) in [5, 5.41) is 19.9. The van der Waals surface area contributed by atoms with Crippen molar-refractivity contribution in [1.29, 1.82) is 0 Å². The van der Waals surface area contributed by atoms with Crippen molar-refractivity contribution in [2.24, 2.45) is 0 Å². The van der Waals surface area contributed by atoms with E-state index in [4.69, 9.17) is 4.74 Å². The van der Waals surface area contributed by atoms with Crippen LogP contribution in [0.15, 0.2) is 49.2 Å². The lowest BCUT2D eigenvalue weighted by Gasteiger charge is -2.25. The summed E-state index contributed by atoms with van der Waals surface area (Å²) >= 11 is 0. The van der Waals surface area contributed by atoms with Gasteiger partial charge < -0.3 is 35.6 Å². The van der Waals surface area contributed by atoms with E-state index >= 15 is 0 Å². The molecule has 1 fully saturated rings. The minimum atomic E-state index is -1.28. The maximum atomic E-state index is 14.3. The van der Waals surface area contributed by atoms with Gasteiger partial charge in [0.25, 0.3) is 0 Å². The van der Waals surface area contributed by atoms with Crippen molar-refractivity contribution in [1.82, 2.24) is 14.9 Å². The predicted octanol–water partition coefficient (Wildman–Crippen LogP) is 4.91. The SMILES string of the molecule is C=CC(=O)Nc1cc(Nc2nccc(Nc3cc(C)c(F)cc3C(C)(C)O)n2)c(OC)cc1N1CC[C@H](N(C)C)C1. The van der Waals surface area contributed by atoms with Crippen LogP contribution in [0.1, 0.15) is 31.4 Å². The van der Waals surface area contributed by atoms with Crippen LogP contribution in [0.4, 0.5) is 38.9 Å². The molecule has 41 heavy (non-hydrogen) atoms. The Balaban J connectivity index is 1.66. The Morgan fingerprint density at radius 1 is 1.22 bits per heavy atom. The minimum absolute atomic E-state index is 0.263. The third-order valence-corrected chi connectivity index (χ3v) is 7.12. The van der Waals surface area contributed by atoms with Gasteiger partial charge in [0.05, 0.1) is 29.8 Å². The molecule has 0 spiro atoms. The van der Waals surface area contributed by atoms with E-state index in [9.17, 15) is 14.3 Å². The second-order valence-electron chi connectivity index (χ2n) is 10.8. The molecule has 4 rings (SSSR count). The number of hydrogen-bond acceptors (Lipinski definition) is 9. The molecule has 1 aliphatic heterocycles. The summed E-state index contributed by atoms with van der Waals surface area (Å²) in [5.74, 6) is 0.510. The van der Waals surface area contributed by atoms with Gasteiger partial charge in [0, 0.05) is 42.6 Å². The van der Waals surface area contributed by atoms with Crippen LogP contribution in [0.2, 0.25) is 0 Å². The van der Waals surface area contributed by atoms with Crippen LogP contribution in [-0.4, -0.2) is 66.2 Å². The van der Waals surface area contributed by atoms with Gasteiger partial charge >= 0.3 is 0 Å². The highest BCUT2D eigenvalue weighted by molar-refractivity contribution is 6.02. The number of nitrogens with one attached hydrogen (secondary N) is 3. The second-order valence-corrected chi connectivity index (χ2v) is 10.8. The van der Waals surface area contributed by atoms with Gasteiger partial charge in [0.1, 0.15) is 17.4 Å². The quantitative estimate of drug-likeness (QED) is 0.255. The van der Waals surface area contributed by atoms with Crippen LogP contribution in [-0.2, 0) is 10.4 Å². The Labute approximate surface area is 240 Å². The average molecular weight is 564 g/mol. The van der Waals surface area contributed by atoms with Crippen LogP contribution in [0.5, 0.6) is 5.75 Å². The topological polar surface area (TPSA) is 115 Å². The number of aryl methyl sites for hydroxylation is 1. The van der Waals surface area contributed by atoms with Gasteiger partial charge in [-0.15, -0.1) is 0 Å². The predicted molar refractivity (Wildman–Crippen MR) is 161 cm³/mol. The van der Waals surface area contributed by atoms with Gasteiger partial charge in [0.15, 0.2) is 0 Å². The maximum Gasteiger partial charge on any atom is 0.247 e. The Morgan fingerprint density at radius 2 is 1.98 bits per heavy atom. The molecular formula is C30H38FN7O3. The van der Waals surface area contributed by atoms with E-state index in [0.29, 0.717) is 45.8 Å². The number of likely N-dealkylation sites (N-methyl/N-ethyl adjacent to an activating group) is 1. The molecule has 0 bridgehead atoms. The number of halogens is 1. The third-order valence-electron chi connectivity index (χ3n) is 7.12. The number of amides is 1. The van der Waals surface area contributed by atoms with Crippen molar-refractivity contribution >= 4 is 40.4 Å². The minimum Gasteiger partial charge on any atom is -0.494 e. The van der Waals surface area contributed by atoms with Crippen molar-refractivity contribution in [3.8, 4) is 5.75 Å². The molecule has 0 unspecified atom stereocenters. The first-order valence-corrected chi connectivity index (χ1v) is 13.4. The summed E-state index contributed by atoms with van der Waals surface area (Å²) < 4.78 is 20.0. The number of hydrogen-bond donors (Lipinski definition) is 4. The lowest BCUT2D eigenvalue weighted by molar-refractivity contribution is -0.111. The number of ether oxygens (including phenoxy) is 1. The number of aromatic nitrogens is 2. The second kappa shape index (κ2) is 12.1. The van der Waals surface area contributed by atoms with Gasteiger partial charge in [-0.1, -0.05) is 6.58 Å². The zero-order valence-electron chi connectivity index (χ0n) is 24.4. The van der Waals surface area contributed by atoms with E-state index in [1.54, 1.807) is 52.3 Å². The first kappa shape index (κ1) is 29.8. The van der Waals surface area contributed by atoms with E-state index in [1.165, 1.54) is 12.1 Å². The summed E-state index contributed by atoms with van der Waals surface area (Å²) in [6, 6.07) is 8.70. The molecular weight excluding hydrogens is 525 g/mol. The van der Waals surface area contributed by atoms with Gasteiger partial charge in [-0.25, -0.2) is 9.37 Å². The molecule has 2 aromatic carbocycles. The van der Waals surface area contributed by atoms with E-state index in [0.717, 1.165) is 25.2 Å². The Hall–Kier alpha value is -4.22. The number of nitrogens with zero attached hydrogens (tertiary/aromatic N) is 4. The number of benzene rings is 2.